The number of ether oxygens (including phenoxy) is 1. The molecule has 3 nitrogen and oxygen atoms in total. The van der Waals surface area contributed by atoms with Gasteiger partial charge in [-0.2, -0.15) is 0 Å². The normalized spacial score (nSPS) is 15.1. The van der Waals surface area contributed by atoms with Crippen LogP contribution in [0.4, 0.5) is 5.69 Å². The molecular formula is C15H24N2O. The first-order valence-electron chi connectivity index (χ1n) is 6.91. The zero-order valence-electron chi connectivity index (χ0n) is 11.5. The van der Waals surface area contributed by atoms with Crippen molar-refractivity contribution in [3.63, 3.8) is 0 Å². The highest BCUT2D eigenvalue weighted by Crippen LogP contribution is 2.30. The number of nitrogens with two attached hydrogens (primary N) is 1. The quantitative estimate of drug-likeness (QED) is 0.754. The Labute approximate surface area is 110 Å². The van der Waals surface area contributed by atoms with Crippen LogP contribution >= 0.6 is 0 Å². The number of nitrogens with zero attached hydrogens (tertiary/aromatic N) is 1. The van der Waals surface area contributed by atoms with Crippen molar-refractivity contribution in [2.75, 3.05) is 19.4 Å². The molecule has 18 heavy (non-hydrogen) atoms. The van der Waals surface area contributed by atoms with Crippen molar-refractivity contribution in [1.29, 1.82) is 0 Å². The molecule has 2 N–H and O–H groups in total. The molecule has 1 fully saturated rings. The van der Waals surface area contributed by atoms with Crippen LogP contribution in [-0.2, 0) is 6.54 Å². The van der Waals surface area contributed by atoms with E-state index in [9.17, 15) is 0 Å². The number of hydrogen-bond donors (Lipinski definition) is 1. The van der Waals surface area contributed by atoms with Crippen molar-refractivity contribution in [3.8, 4) is 5.75 Å². The van der Waals surface area contributed by atoms with Crippen LogP contribution in [0.1, 0.15) is 38.2 Å². The van der Waals surface area contributed by atoms with E-state index in [2.05, 4.69) is 17.9 Å². The second-order valence-corrected chi connectivity index (χ2v) is 5.12. The summed E-state index contributed by atoms with van der Waals surface area (Å²) in [4.78, 5) is 2.56. The number of methoxy groups -OCH3 is 1. The van der Waals surface area contributed by atoms with E-state index in [4.69, 9.17) is 10.5 Å². The highest BCUT2D eigenvalue weighted by molar-refractivity contribution is 5.50. The first kappa shape index (κ1) is 13.2. The van der Waals surface area contributed by atoms with Crippen molar-refractivity contribution >= 4 is 5.69 Å². The van der Waals surface area contributed by atoms with Crippen molar-refractivity contribution < 1.29 is 4.74 Å². The van der Waals surface area contributed by atoms with Crippen LogP contribution < -0.4 is 10.5 Å². The Hall–Kier alpha value is -1.22. The van der Waals surface area contributed by atoms with Gasteiger partial charge in [-0.25, -0.2) is 0 Å². The van der Waals surface area contributed by atoms with E-state index in [-0.39, 0.29) is 0 Å². The number of hydrogen-bond acceptors (Lipinski definition) is 3. The Balaban J connectivity index is 2.05. The molecule has 1 aromatic carbocycles. The SMILES string of the molecule is CCCCN(Cc1cc(OC)ccc1N)C1CC1. The monoisotopic (exact) mass is 248 g/mol. The van der Waals surface area contributed by atoms with Gasteiger partial charge in [0.2, 0.25) is 0 Å². The highest BCUT2D eigenvalue weighted by Gasteiger charge is 2.28. The molecule has 1 aliphatic rings. The molecule has 0 aromatic heterocycles. The highest BCUT2D eigenvalue weighted by atomic mass is 16.5. The molecule has 0 unspecified atom stereocenters. The lowest BCUT2D eigenvalue weighted by Gasteiger charge is -2.22. The largest absolute Gasteiger partial charge is 0.497 e. The Kier molecular flexibility index (Phi) is 4.48. The minimum atomic E-state index is 0.780. The van der Waals surface area contributed by atoms with Crippen LogP contribution in [0.15, 0.2) is 18.2 Å². The smallest absolute Gasteiger partial charge is 0.119 e. The molecule has 0 saturated heterocycles. The Morgan fingerprint density at radius 1 is 1.39 bits per heavy atom. The van der Waals surface area contributed by atoms with Gasteiger partial charge in [0.15, 0.2) is 0 Å². The van der Waals surface area contributed by atoms with Crippen molar-refractivity contribution in [1.82, 2.24) is 4.90 Å². The molecule has 1 aromatic rings. The summed E-state index contributed by atoms with van der Waals surface area (Å²) in [6.07, 6.45) is 5.19. The summed E-state index contributed by atoms with van der Waals surface area (Å²) in [7, 11) is 1.70. The van der Waals surface area contributed by atoms with E-state index >= 15 is 0 Å². The summed E-state index contributed by atoms with van der Waals surface area (Å²) in [5.74, 6) is 0.894. The van der Waals surface area contributed by atoms with Crippen LogP contribution in [0.25, 0.3) is 0 Å². The minimum Gasteiger partial charge on any atom is -0.497 e. The Morgan fingerprint density at radius 2 is 2.17 bits per heavy atom. The molecule has 3 heteroatoms. The molecule has 0 heterocycles. The minimum absolute atomic E-state index is 0.780. The summed E-state index contributed by atoms with van der Waals surface area (Å²) in [6, 6.07) is 6.71. The number of benzene rings is 1. The van der Waals surface area contributed by atoms with E-state index < -0.39 is 0 Å². The van der Waals surface area contributed by atoms with E-state index in [1.165, 1.54) is 37.8 Å². The fourth-order valence-corrected chi connectivity index (χ4v) is 2.26. The van der Waals surface area contributed by atoms with Crippen molar-refractivity contribution in [3.05, 3.63) is 23.8 Å². The van der Waals surface area contributed by atoms with Crippen LogP contribution in [0.3, 0.4) is 0 Å². The summed E-state index contributed by atoms with van der Waals surface area (Å²) in [6.45, 7) is 4.37. The van der Waals surface area contributed by atoms with Gasteiger partial charge in [-0.15, -0.1) is 0 Å². The average Bonchev–Trinajstić information content (AvgIpc) is 3.21. The molecule has 100 valence electrons. The fraction of sp³-hybridized carbons (Fsp3) is 0.600. The van der Waals surface area contributed by atoms with Gasteiger partial charge in [0.1, 0.15) is 5.75 Å². The molecule has 1 saturated carbocycles. The van der Waals surface area contributed by atoms with Crippen LogP contribution in [0.2, 0.25) is 0 Å². The molecular weight excluding hydrogens is 224 g/mol. The van der Waals surface area contributed by atoms with Crippen molar-refractivity contribution in [2.24, 2.45) is 0 Å². The van der Waals surface area contributed by atoms with E-state index in [0.29, 0.717) is 0 Å². The van der Waals surface area contributed by atoms with E-state index in [0.717, 1.165) is 24.0 Å². The molecule has 0 bridgehead atoms. The van der Waals surface area contributed by atoms with Crippen molar-refractivity contribution in [2.45, 2.75) is 45.2 Å². The first-order valence-corrected chi connectivity index (χ1v) is 6.91. The van der Waals surface area contributed by atoms with Gasteiger partial charge in [0.05, 0.1) is 7.11 Å². The lowest BCUT2D eigenvalue weighted by Crippen LogP contribution is -2.27. The number of rotatable bonds is 7. The third kappa shape index (κ3) is 3.39. The van der Waals surface area contributed by atoms with Gasteiger partial charge in [-0.05, 0) is 49.6 Å². The molecule has 0 atom stereocenters. The maximum atomic E-state index is 6.06. The van der Waals surface area contributed by atoms with Crippen LogP contribution in [0.5, 0.6) is 5.75 Å². The van der Waals surface area contributed by atoms with Gasteiger partial charge in [-0.3, -0.25) is 4.90 Å². The third-order valence-corrected chi connectivity index (χ3v) is 3.59. The lowest BCUT2D eigenvalue weighted by molar-refractivity contribution is 0.251. The molecule has 1 aliphatic carbocycles. The number of nitrogen functional groups attached to an aromatic ring is 1. The van der Waals surface area contributed by atoms with E-state index in [1.54, 1.807) is 7.11 Å². The number of anilines is 1. The van der Waals surface area contributed by atoms with Gasteiger partial charge >= 0.3 is 0 Å². The summed E-state index contributed by atoms with van der Waals surface area (Å²) in [5.41, 5.74) is 8.12. The van der Waals surface area contributed by atoms with Gasteiger partial charge in [-0.1, -0.05) is 13.3 Å². The summed E-state index contributed by atoms with van der Waals surface area (Å²) < 4.78 is 5.27. The average molecular weight is 248 g/mol. The topological polar surface area (TPSA) is 38.5 Å². The van der Waals surface area contributed by atoms with Gasteiger partial charge in [0, 0.05) is 18.3 Å². The predicted octanol–water partition coefficient (Wildman–Crippen LogP) is 3.04. The fourth-order valence-electron chi connectivity index (χ4n) is 2.26. The first-order chi connectivity index (χ1) is 8.74. The molecule has 2 rings (SSSR count). The molecule has 0 amide bonds. The maximum absolute atomic E-state index is 6.06. The standard InChI is InChI=1S/C15H24N2O/c1-3-4-9-17(13-5-6-13)11-12-10-14(18-2)7-8-15(12)16/h7-8,10,13H,3-6,9,11,16H2,1-2H3. The molecule has 0 spiro atoms. The Morgan fingerprint density at radius 3 is 2.78 bits per heavy atom. The molecule has 0 radical (unpaired) electrons. The van der Waals surface area contributed by atoms with Crippen LogP contribution in [0, 0.1) is 0 Å². The summed E-state index contributed by atoms with van der Waals surface area (Å²) >= 11 is 0. The van der Waals surface area contributed by atoms with E-state index in [1.807, 2.05) is 12.1 Å². The molecule has 0 aliphatic heterocycles. The van der Waals surface area contributed by atoms with Gasteiger partial charge in [0.25, 0.3) is 0 Å². The Bertz CT molecular complexity index is 388. The second kappa shape index (κ2) is 6.10. The van der Waals surface area contributed by atoms with Gasteiger partial charge < -0.3 is 10.5 Å². The zero-order valence-corrected chi connectivity index (χ0v) is 11.5. The zero-order chi connectivity index (χ0) is 13.0. The maximum Gasteiger partial charge on any atom is 0.119 e. The number of unbranched alkanes of at least 4 members (excludes halogenated alkanes) is 1. The van der Waals surface area contributed by atoms with Crippen LogP contribution in [-0.4, -0.2) is 24.6 Å². The summed E-state index contributed by atoms with van der Waals surface area (Å²) in [5, 5.41) is 0. The lowest BCUT2D eigenvalue weighted by atomic mass is 10.1. The second-order valence-electron chi connectivity index (χ2n) is 5.12. The predicted molar refractivity (Wildman–Crippen MR) is 75.7 cm³/mol. The third-order valence-electron chi connectivity index (χ3n) is 3.59.